The van der Waals surface area contributed by atoms with Crippen LogP contribution in [0, 0.1) is 0 Å². The van der Waals surface area contributed by atoms with Gasteiger partial charge < -0.3 is 0 Å². The van der Waals surface area contributed by atoms with Gasteiger partial charge in [-0.05, 0) is 0 Å². The predicted octanol–water partition coefficient (Wildman–Crippen LogP) is -1.36. The van der Waals surface area contributed by atoms with Crippen LogP contribution in [0.5, 0.6) is 0 Å². The standard InChI is InChI=1S/C6H10N2O4S/c1-4(9)7-8-5(10)3-6(8)13(2,11)12/h6H,3H2,1-2H3,(H,7,9)/t6-/m0/s1. The molecule has 0 saturated carbocycles. The lowest BCUT2D eigenvalue weighted by Crippen LogP contribution is -2.63. The molecule has 1 saturated heterocycles. The van der Waals surface area contributed by atoms with Crippen molar-refractivity contribution in [3.05, 3.63) is 0 Å². The van der Waals surface area contributed by atoms with Crippen molar-refractivity contribution in [1.82, 2.24) is 10.4 Å². The molecular formula is C6H10N2O4S. The van der Waals surface area contributed by atoms with E-state index >= 15 is 0 Å². The van der Waals surface area contributed by atoms with Crippen molar-refractivity contribution in [2.45, 2.75) is 18.7 Å². The first kappa shape index (κ1) is 9.97. The van der Waals surface area contributed by atoms with Gasteiger partial charge in [-0.1, -0.05) is 0 Å². The minimum absolute atomic E-state index is 0.0564. The molecule has 1 atom stereocenters. The maximum absolute atomic E-state index is 11.0. The van der Waals surface area contributed by atoms with Crippen LogP contribution in [0.1, 0.15) is 13.3 Å². The Hall–Kier alpha value is -1.11. The van der Waals surface area contributed by atoms with Crippen LogP contribution in [0.25, 0.3) is 0 Å². The smallest absolute Gasteiger partial charge is 0.245 e. The summed E-state index contributed by atoms with van der Waals surface area (Å²) in [6, 6.07) is 0. The predicted molar refractivity (Wildman–Crippen MR) is 43.9 cm³/mol. The molecule has 1 N–H and O–H groups in total. The van der Waals surface area contributed by atoms with Crippen molar-refractivity contribution < 1.29 is 18.0 Å². The van der Waals surface area contributed by atoms with E-state index in [9.17, 15) is 18.0 Å². The first-order chi connectivity index (χ1) is 5.82. The fourth-order valence-corrected chi connectivity index (χ4v) is 2.03. The molecule has 1 rings (SSSR count). The van der Waals surface area contributed by atoms with Crippen molar-refractivity contribution in [3.8, 4) is 0 Å². The zero-order chi connectivity index (χ0) is 10.2. The molecule has 2 amide bonds. The average molecular weight is 206 g/mol. The minimum atomic E-state index is -3.30. The number of sulfone groups is 1. The summed E-state index contributed by atoms with van der Waals surface area (Å²) in [6.45, 7) is 1.21. The second-order valence-corrected chi connectivity index (χ2v) is 5.12. The van der Waals surface area contributed by atoms with Crippen molar-refractivity contribution in [2.75, 3.05) is 6.26 Å². The second kappa shape index (κ2) is 2.99. The Balaban J connectivity index is 2.73. The number of nitrogens with one attached hydrogen (secondary N) is 1. The van der Waals surface area contributed by atoms with Crippen LogP contribution in [0.2, 0.25) is 0 Å². The molecule has 13 heavy (non-hydrogen) atoms. The molecule has 0 radical (unpaired) electrons. The fraction of sp³-hybridized carbons (Fsp3) is 0.667. The molecule has 74 valence electrons. The summed E-state index contributed by atoms with van der Waals surface area (Å²) in [4.78, 5) is 21.4. The highest BCUT2D eigenvalue weighted by atomic mass is 32.2. The third kappa shape index (κ3) is 1.97. The van der Waals surface area contributed by atoms with Crippen LogP contribution < -0.4 is 5.43 Å². The Morgan fingerprint density at radius 2 is 2.15 bits per heavy atom. The molecule has 1 aliphatic rings. The number of hydrogen-bond donors (Lipinski definition) is 1. The van der Waals surface area contributed by atoms with E-state index in [2.05, 4.69) is 5.43 Å². The van der Waals surface area contributed by atoms with Gasteiger partial charge in [0.2, 0.25) is 11.8 Å². The molecular weight excluding hydrogens is 196 g/mol. The highest BCUT2D eigenvalue weighted by Gasteiger charge is 2.43. The molecule has 0 aliphatic carbocycles. The summed E-state index contributed by atoms with van der Waals surface area (Å²) >= 11 is 0. The van der Waals surface area contributed by atoms with Crippen LogP contribution in [-0.4, -0.2) is 36.9 Å². The second-order valence-electron chi connectivity index (χ2n) is 2.92. The van der Waals surface area contributed by atoms with Crippen LogP contribution in [0.4, 0.5) is 0 Å². The van der Waals surface area contributed by atoms with Gasteiger partial charge in [-0.3, -0.25) is 15.0 Å². The summed E-state index contributed by atoms with van der Waals surface area (Å²) < 4.78 is 22.0. The van der Waals surface area contributed by atoms with Gasteiger partial charge in [0.25, 0.3) is 0 Å². The van der Waals surface area contributed by atoms with Gasteiger partial charge in [0.05, 0.1) is 6.42 Å². The number of carbonyl (C=O) groups excluding carboxylic acids is 2. The number of carbonyl (C=O) groups is 2. The monoisotopic (exact) mass is 206 g/mol. The quantitative estimate of drug-likeness (QED) is 0.566. The van der Waals surface area contributed by atoms with E-state index in [0.29, 0.717) is 0 Å². The number of β-lactam (4-membered cyclic amide) rings is 1. The SMILES string of the molecule is CC(=O)NN1C(=O)C[C@@H]1S(C)(=O)=O. The van der Waals surface area contributed by atoms with E-state index < -0.39 is 21.1 Å². The molecule has 0 aromatic rings. The number of hydrogen-bond acceptors (Lipinski definition) is 4. The van der Waals surface area contributed by atoms with Crippen LogP contribution in [-0.2, 0) is 19.4 Å². The van der Waals surface area contributed by atoms with Crippen molar-refractivity contribution >= 4 is 21.7 Å². The number of nitrogens with zero attached hydrogens (tertiary/aromatic N) is 1. The lowest BCUT2D eigenvalue weighted by Gasteiger charge is -2.37. The lowest BCUT2D eigenvalue weighted by molar-refractivity contribution is -0.151. The largest absolute Gasteiger partial charge is 0.274 e. The Morgan fingerprint density at radius 3 is 2.46 bits per heavy atom. The van der Waals surface area contributed by atoms with E-state index in [4.69, 9.17) is 0 Å². The van der Waals surface area contributed by atoms with Crippen LogP contribution in [0.3, 0.4) is 0 Å². The topological polar surface area (TPSA) is 83.6 Å². The van der Waals surface area contributed by atoms with Crippen LogP contribution in [0.15, 0.2) is 0 Å². The third-order valence-corrected chi connectivity index (χ3v) is 3.04. The molecule has 0 aromatic carbocycles. The maximum atomic E-state index is 11.0. The van der Waals surface area contributed by atoms with Gasteiger partial charge in [-0.2, -0.15) is 0 Å². The van der Waals surface area contributed by atoms with Gasteiger partial charge in [0.15, 0.2) is 15.2 Å². The van der Waals surface area contributed by atoms with E-state index in [1.807, 2.05) is 0 Å². The molecule has 0 unspecified atom stereocenters. The van der Waals surface area contributed by atoms with E-state index in [0.717, 1.165) is 11.3 Å². The number of hydrazine groups is 1. The first-order valence-electron chi connectivity index (χ1n) is 3.60. The molecule has 0 aromatic heterocycles. The third-order valence-electron chi connectivity index (χ3n) is 1.68. The van der Waals surface area contributed by atoms with Gasteiger partial charge in [0, 0.05) is 13.2 Å². The molecule has 1 aliphatic heterocycles. The van der Waals surface area contributed by atoms with E-state index in [1.165, 1.54) is 6.92 Å². The van der Waals surface area contributed by atoms with Crippen molar-refractivity contribution in [1.29, 1.82) is 0 Å². The molecule has 1 fully saturated rings. The zero-order valence-corrected chi connectivity index (χ0v) is 8.09. The summed E-state index contributed by atoms with van der Waals surface area (Å²) in [6.07, 6.45) is 0.970. The lowest BCUT2D eigenvalue weighted by atomic mass is 10.2. The molecule has 7 heteroatoms. The number of rotatable bonds is 2. The van der Waals surface area contributed by atoms with Gasteiger partial charge in [0.1, 0.15) is 0 Å². The van der Waals surface area contributed by atoms with Crippen molar-refractivity contribution in [3.63, 3.8) is 0 Å². The van der Waals surface area contributed by atoms with Gasteiger partial charge >= 0.3 is 0 Å². The normalized spacial score (nSPS) is 22.5. The summed E-state index contributed by atoms with van der Waals surface area (Å²) in [5.41, 5.74) is 2.15. The first-order valence-corrected chi connectivity index (χ1v) is 5.56. The fourth-order valence-electron chi connectivity index (χ4n) is 1.03. The van der Waals surface area contributed by atoms with Gasteiger partial charge in [-0.15, -0.1) is 0 Å². The molecule has 0 bridgehead atoms. The zero-order valence-electron chi connectivity index (χ0n) is 7.27. The summed E-state index contributed by atoms with van der Waals surface area (Å²) in [5, 5.41) is -0.0543. The minimum Gasteiger partial charge on any atom is -0.274 e. The Kier molecular flexibility index (Phi) is 2.29. The Bertz CT molecular complexity index is 348. The molecule has 1 heterocycles. The highest BCUT2D eigenvalue weighted by molar-refractivity contribution is 7.91. The molecule has 0 spiro atoms. The Morgan fingerprint density at radius 1 is 1.62 bits per heavy atom. The summed E-state index contributed by atoms with van der Waals surface area (Å²) in [5.74, 6) is -0.840. The van der Waals surface area contributed by atoms with E-state index in [-0.39, 0.29) is 12.3 Å². The molecule has 6 nitrogen and oxygen atoms in total. The number of amides is 2. The average Bonchev–Trinajstić information content (AvgIpc) is 1.93. The summed E-state index contributed by atoms with van der Waals surface area (Å²) in [7, 11) is -3.30. The van der Waals surface area contributed by atoms with Crippen LogP contribution >= 0.6 is 0 Å². The van der Waals surface area contributed by atoms with Gasteiger partial charge in [-0.25, -0.2) is 13.4 Å². The van der Waals surface area contributed by atoms with Crippen molar-refractivity contribution in [2.24, 2.45) is 0 Å². The Labute approximate surface area is 75.8 Å². The van der Waals surface area contributed by atoms with E-state index in [1.54, 1.807) is 0 Å². The highest BCUT2D eigenvalue weighted by Crippen LogP contribution is 2.20. The maximum Gasteiger partial charge on any atom is 0.245 e.